The molecular weight excluding hydrogens is 312 g/mol. The van der Waals surface area contributed by atoms with E-state index in [0.717, 1.165) is 16.9 Å². The van der Waals surface area contributed by atoms with Crippen LogP contribution in [0.1, 0.15) is 35.5 Å². The molecule has 0 saturated carbocycles. The molecule has 5 heteroatoms. The van der Waals surface area contributed by atoms with Crippen LogP contribution in [0.5, 0.6) is 0 Å². The minimum Gasteiger partial charge on any atom is -0.332 e. The summed E-state index contributed by atoms with van der Waals surface area (Å²) in [5, 5.41) is 4.51. The van der Waals surface area contributed by atoms with Crippen LogP contribution in [0.25, 0.3) is 5.69 Å². The van der Waals surface area contributed by atoms with E-state index in [9.17, 15) is 4.79 Å². The van der Waals surface area contributed by atoms with Crippen LogP contribution in [0.4, 0.5) is 0 Å². The highest BCUT2D eigenvalue weighted by Gasteiger charge is 2.23. The lowest BCUT2D eigenvalue weighted by atomic mass is 10.1. The number of aromatic nitrogens is 3. The van der Waals surface area contributed by atoms with Crippen molar-refractivity contribution in [3.8, 4) is 5.69 Å². The Kier molecular flexibility index (Phi) is 4.93. The summed E-state index contributed by atoms with van der Waals surface area (Å²) in [4.78, 5) is 19.1. The van der Waals surface area contributed by atoms with Crippen molar-refractivity contribution in [1.82, 2.24) is 19.7 Å². The molecule has 25 heavy (non-hydrogen) atoms. The van der Waals surface area contributed by atoms with Gasteiger partial charge in [-0.15, -0.1) is 0 Å². The maximum absolute atomic E-state index is 13.1. The number of rotatable bonds is 5. The van der Waals surface area contributed by atoms with Crippen molar-refractivity contribution in [2.24, 2.45) is 0 Å². The van der Waals surface area contributed by atoms with Gasteiger partial charge in [-0.2, -0.15) is 5.10 Å². The maximum atomic E-state index is 13.1. The summed E-state index contributed by atoms with van der Waals surface area (Å²) in [5.74, 6) is -0.0152. The number of hydrogen-bond acceptors (Lipinski definition) is 3. The third kappa shape index (κ3) is 3.76. The van der Waals surface area contributed by atoms with Crippen molar-refractivity contribution in [1.29, 1.82) is 0 Å². The molecule has 0 aliphatic heterocycles. The molecule has 0 saturated heterocycles. The molecule has 2 heterocycles. The molecule has 0 bridgehead atoms. The van der Waals surface area contributed by atoms with Gasteiger partial charge < -0.3 is 4.90 Å². The highest BCUT2D eigenvalue weighted by Crippen LogP contribution is 2.17. The average molecular weight is 334 g/mol. The molecule has 0 atom stereocenters. The van der Waals surface area contributed by atoms with E-state index in [1.165, 1.54) is 0 Å². The van der Waals surface area contributed by atoms with Crippen LogP contribution in [0.2, 0.25) is 0 Å². The average Bonchev–Trinajstić information content (AvgIpc) is 3.02. The van der Waals surface area contributed by atoms with E-state index in [1.54, 1.807) is 17.1 Å². The summed E-state index contributed by atoms with van der Waals surface area (Å²) < 4.78 is 1.76. The molecule has 0 spiro atoms. The molecule has 0 unspecified atom stereocenters. The molecule has 3 rings (SSSR count). The van der Waals surface area contributed by atoms with Crippen molar-refractivity contribution < 1.29 is 4.79 Å². The third-order valence-corrected chi connectivity index (χ3v) is 4.11. The van der Waals surface area contributed by atoms with E-state index < -0.39 is 0 Å². The minimum atomic E-state index is -0.0152. The van der Waals surface area contributed by atoms with E-state index in [2.05, 4.69) is 10.1 Å². The first-order valence-corrected chi connectivity index (χ1v) is 8.38. The standard InChI is InChI=1S/C20H22N4O/c1-15(2)23(13-17-8-7-11-21-12-17)20(25)19-14-24(22-16(19)3)18-9-5-4-6-10-18/h4-12,14-15H,13H2,1-3H3. The zero-order valence-corrected chi connectivity index (χ0v) is 14.8. The fourth-order valence-electron chi connectivity index (χ4n) is 2.71. The first-order valence-electron chi connectivity index (χ1n) is 8.38. The SMILES string of the molecule is Cc1nn(-c2ccccc2)cc1C(=O)N(Cc1cccnc1)C(C)C. The first-order chi connectivity index (χ1) is 12.1. The lowest BCUT2D eigenvalue weighted by Crippen LogP contribution is -2.36. The number of pyridine rings is 1. The predicted molar refractivity (Wildman–Crippen MR) is 97.5 cm³/mol. The monoisotopic (exact) mass is 334 g/mol. The molecule has 0 N–H and O–H groups in total. The normalized spacial score (nSPS) is 10.9. The van der Waals surface area contributed by atoms with E-state index in [-0.39, 0.29) is 11.9 Å². The Morgan fingerprint density at radius 3 is 2.56 bits per heavy atom. The van der Waals surface area contributed by atoms with Crippen molar-refractivity contribution in [3.63, 3.8) is 0 Å². The van der Waals surface area contributed by atoms with Gasteiger partial charge in [0.15, 0.2) is 0 Å². The van der Waals surface area contributed by atoms with Crippen LogP contribution in [0, 0.1) is 6.92 Å². The Labute approximate surface area is 147 Å². The molecule has 2 aromatic heterocycles. The van der Waals surface area contributed by atoms with E-state index in [1.807, 2.05) is 74.3 Å². The van der Waals surface area contributed by atoms with E-state index in [4.69, 9.17) is 0 Å². The molecule has 0 radical (unpaired) electrons. The number of hydrogen-bond donors (Lipinski definition) is 0. The third-order valence-electron chi connectivity index (χ3n) is 4.11. The van der Waals surface area contributed by atoms with Gasteiger partial charge in [0, 0.05) is 31.2 Å². The Bertz CT molecular complexity index is 841. The zero-order chi connectivity index (χ0) is 17.8. The Morgan fingerprint density at radius 2 is 1.92 bits per heavy atom. The maximum Gasteiger partial charge on any atom is 0.257 e. The van der Waals surface area contributed by atoms with Gasteiger partial charge in [0.1, 0.15) is 0 Å². The summed E-state index contributed by atoms with van der Waals surface area (Å²) >= 11 is 0. The molecule has 5 nitrogen and oxygen atoms in total. The molecule has 1 amide bonds. The van der Waals surface area contributed by atoms with Crippen molar-refractivity contribution in [3.05, 3.63) is 77.9 Å². The van der Waals surface area contributed by atoms with Crippen molar-refractivity contribution in [2.75, 3.05) is 0 Å². The van der Waals surface area contributed by atoms with Crippen molar-refractivity contribution >= 4 is 5.91 Å². The van der Waals surface area contributed by atoms with Gasteiger partial charge in [-0.05, 0) is 44.5 Å². The molecule has 0 fully saturated rings. The number of nitrogens with zero attached hydrogens (tertiary/aromatic N) is 4. The van der Waals surface area contributed by atoms with Crippen LogP contribution in [0.15, 0.2) is 61.1 Å². The van der Waals surface area contributed by atoms with E-state index >= 15 is 0 Å². The summed E-state index contributed by atoms with van der Waals surface area (Å²) in [7, 11) is 0. The van der Waals surface area contributed by atoms with Crippen LogP contribution >= 0.6 is 0 Å². The fourth-order valence-corrected chi connectivity index (χ4v) is 2.71. The van der Waals surface area contributed by atoms with Gasteiger partial charge in [0.25, 0.3) is 5.91 Å². The number of amides is 1. The number of carbonyl (C=O) groups excluding carboxylic acids is 1. The summed E-state index contributed by atoms with van der Waals surface area (Å²) in [5.41, 5.74) is 3.30. The fraction of sp³-hybridized carbons (Fsp3) is 0.250. The lowest BCUT2D eigenvalue weighted by Gasteiger charge is -2.26. The first kappa shape index (κ1) is 16.9. The molecule has 128 valence electrons. The number of carbonyl (C=O) groups is 1. The Morgan fingerprint density at radius 1 is 1.16 bits per heavy atom. The van der Waals surface area contributed by atoms with Crippen LogP contribution < -0.4 is 0 Å². The molecule has 3 aromatic rings. The summed E-state index contributed by atoms with van der Waals surface area (Å²) in [6.07, 6.45) is 5.34. The van der Waals surface area contributed by atoms with E-state index in [0.29, 0.717) is 12.1 Å². The lowest BCUT2D eigenvalue weighted by molar-refractivity contribution is 0.0689. The number of benzene rings is 1. The second kappa shape index (κ2) is 7.30. The minimum absolute atomic E-state index is 0.0152. The van der Waals surface area contributed by atoms with Crippen LogP contribution in [-0.2, 0) is 6.54 Å². The van der Waals surface area contributed by atoms with Gasteiger partial charge in [0.2, 0.25) is 0 Å². The smallest absolute Gasteiger partial charge is 0.257 e. The Hall–Kier alpha value is -2.95. The topological polar surface area (TPSA) is 51.0 Å². The number of para-hydroxylation sites is 1. The van der Waals surface area contributed by atoms with Crippen LogP contribution in [-0.4, -0.2) is 31.6 Å². The zero-order valence-electron chi connectivity index (χ0n) is 14.8. The molecular formula is C20H22N4O. The Balaban J connectivity index is 1.89. The highest BCUT2D eigenvalue weighted by molar-refractivity contribution is 5.95. The van der Waals surface area contributed by atoms with Crippen LogP contribution in [0.3, 0.4) is 0 Å². The highest BCUT2D eigenvalue weighted by atomic mass is 16.2. The van der Waals surface area contributed by atoms with Gasteiger partial charge in [-0.25, -0.2) is 4.68 Å². The predicted octanol–water partition coefficient (Wildman–Crippen LogP) is 3.63. The molecule has 0 aliphatic rings. The molecule has 0 aliphatic carbocycles. The van der Waals surface area contributed by atoms with Gasteiger partial charge in [0.05, 0.1) is 16.9 Å². The number of aryl methyl sites for hydroxylation is 1. The second-order valence-corrected chi connectivity index (χ2v) is 6.30. The van der Waals surface area contributed by atoms with Crippen molar-refractivity contribution in [2.45, 2.75) is 33.4 Å². The summed E-state index contributed by atoms with van der Waals surface area (Å²) in [6, 6.07) is 13.8. The van der Waals surface area contributed by atoms with Gasteiger partial charge in [-0.1, -0.05) is 24.3 Å². The van der Waals surface area contributed by atoms with Gasteiger partial charge in [-0.3, -0.25) is 9.78 Å². The summed E-state index contributed by atoms with van der Waals surface area (Å²) in [6.45, 7) is 6.44. The second-order valence-electron chi connectivity index (χ2n) is 6.30. The largest absolute Gasteiger partial charge is 0.332 e. The quantitative estimate of drug-likeness (QED) is 0.716. The molecule has 1 aromatic carbocycles. The van der Waals surface area contributed by atoms with Gasteiger partial charge >= 0.3 is 0 Å².